The van der Waals surface area contributed by atoms with Crippen LogP contribution in [0.5, 0.6) is 5.75 Å². The van der Waals surface area contributed by atoms with Crippen LogP contribution < -0.4 is 16.2 Å². The highest BCUT2D eigenvalue weighted by Crippen LogP contribution is 2.31. The maximum absolute atomic E-state index is 12.7. The van der Waals surface area contributed by atoms with Crippen molar-refractivity contribution >= 4 is 28.6 Å². The second-order valence-corrected chi connectivity index (χ2v) is 7.59. The number of aromatic nitrogens is 3. The van der Waals surface area contributed by atoms with Crippen LogP contribution in [0, 0.1) is 5.92 Å². The zero-order valence-electron chi connectivity index (χ0n) is 17.0. The zero-order valence-corrected chi connectivity index (χ0v) is 17.0. The lowest BCUT2D eigenvalue weighted by atomic mass is 9.97. The SMILES string of the molecule is Nc1nc(N)c2c(OCC3CCN(C(=O)c4ccc(C(F)(F)F)nc4)CC3)cccc2n1. The number of hydrogen-bond donors (Lipinski definition) is 2. The van der Waals surface area contributed by atoms with Crippen molar-refractivity contribution < 1.29 is 22.7 Å². The Kier molecular flexibility index (Phi) is 5.72. The van der Waals surface area contributed by atoms with E-state index in [0.717, 1.165) is 18.3 Å². The number of pyridine rings is 1. The molecule has 32 heavy (non-hydrogen) atoms. The minimum atomic E-state index is -4.53. The number of anilines is 2. The maximum Gasteiger partial charge on any atom is 0.433 e. The van der Waals surface area contributed by atoms with Gasteiger partial charge in [-0.25, -0.2) is 4.98 Å². The van der Waals surface area contributed by atoms with Gasteiger partial charge in [0.2, 0.25) is 5.95 Å². The standard InChI is InChI=1S/C21H21F3N6O2/c22-21(23,24)16-5-4-13(10-27-16)19(31)30-8-6-12(7-9-30)11-32-15-3-1-2-14-17(15)18(25)29-20(26)28-14/h1-5,10,12H,6-9,11H2,(H4,25,26,28,29). The van der Waals surface area contributed by atoms with Crippen molar-refractivity contribution in [3.05, 3.63) is 47.8 Å². The van der Waals surface area contributed by atoms with E-state index < -0.39 is 11.9 Å². The van der Waals surface area contributed by atoms with Gasteiger partial charge in [0.25, 0.3) is 5.91 Å². The lowest BCUT2D eigenvalue weighted by molar-refractivity contribution is -0.141. The number of piperidine rings is 1. The molecule has 3 aromatic rings. The molecule has 0 atom stereocenters. The van der Waals surface area contributed by atoms with Gasteiger partial charge < -0.3 is 21.1 Å². The van der Waals surface area contributed by atoms with Crippen LogP contribution >= 0.6 is 0 Å². The number of nitrogen functional groups attached to an aromatic ring is 2. The number of rotatable bonds is 4. The molecular weight excluding hydrogens is 425 g/mol. The predicted octanol–water partition coefficient (Wildman–Crippen LogP) is 3.14. The van der Waals surface area contributed by atoms with E-state index in [4.69, 9.17) is 16.2 Å². The number of carbonyl (C=O) groups is 1. The molecule has 3 heterocycles. The van der Waals surface area contributed by atoms with Crippen LogP contribution in [0.1, 0.15) is 28.9 Å². The molecule has 4 rings (SSSR count). The van der Waals surface area contributed by atoms with E-state index in [1.807, 2.05) is 0 Å². The number of fused-ring (bicyclic) bond motifs is 1. The van der Waals surface area contributed by atoms with E-state index in [0.29, 0.717) is 49.2 Å². The molecule has 0 aliphatic carbocycles. The van der Waals surface area contributed by atoms with Gasteiger partial charge >= 0.3 is 6.18 Å². The van der Waals surface area contributed by atoms with Crippen LogP contribution in [0.3, 0.4) is 0 Å². The minimum absolute atomic E-state index is 0.0902. The molecule has 1 fully saturated rings. The Bertz CT molecular complexity index is 1130. The Balaban J connectivity index is 1.35. The molecule has 1 aliphatic rings. The maximum atomic E-state index is 12.7. The van der Waals surface area contributed by atoms with E-state index in [9.17, 15) is 18.0 Å². The monoisotopic (exact) mass is 446 g/mol. The Morgan fingerprint density at radius 1 is 1.12 bits per heavy atom. The van der Waals surface area contributed by atoms with Crippen LogP contribution in [0.2, 0.25) is 0 Å². The first kappa shape index (κ1) is 21.6. The second kappa shape index (κ2) is 8.48. The molecule has 1 amide bonds. The third kappa shape index (κ3) is 4.51. The molecular formula is C21H21F3N6O2. The first-order valence-corrected chi connectivity index (χ1v) is 9.99. The van der Waals surface area contributed by atoms with Gasteiger partial charge in [0.15, 0.2) is 0 Å². The fourth-order valence-electron chi connectivity index (χ4n) is 3.70. The Labute approximate surface area is 181 Å². The number of amides is 1. The van der Waals surface area contributed by atoms with Gasteiger partial charge in [-0.2, -0.15) is 18.2 Å². The van der Waals surface area contributed by atoms with E-state index >= 15 is 0 Å². The fourth-order valence-corrected chi connectivity index (χ4v) is 3.70. The van der Waals surface area contributed by atoms with Crippen LogP contribution in [0.4, 0.5) is 24.9 Å². The number of carbonyl (C=O) groups excluding carboxylic acids is 1. The molecule has 4 N–H and O–H groups in total. The second-order valence-electron chi connectivity index (χ2n) is 7.59. The number of nitrogens with zero attached hydrogens (tertiary/aromatic N) is 4. The van der Waals surface area contributed by atoms with E-state index in [2.05, 4.69) is 15.0 Å². The summed E-state index contributed by atoms with van der Waals surface area (Å²) in [4.78, 5) is 25.7. The fraction of sp³-hybridized carbons (Fsp3) is 0.333. The highest BCUT2D eigenvalue weighted by atomic mass is 19.4. The number of alkyl halides is 3. The van der Waals surface area contributed by atoms with Crippen molar-refractivity contribution in [3.8, 4) is 5.75 Å². The number of ether oxygens (including phenoxy) is 1. The van der Waals surface area contributed by atoms with Gasteiger partial charge in [0, 0.05) is 19.3 Å². The van der Waals surface area contributed by atoms with Gasteiger partial charge in [-0.3, -0.25) is 9.78 Å². The molecule has 0 spiro atoms. The first-order valence-electron chi connectivity index (χ1n) is 9.99. The summed E-state index contributed by atoms with van der Waals surface area (Å²) in [6.07, 6.45) is -2.17. The van der Waals surface area contributed by atoms with E-state index in [1.54, 1.807) is 23.1 Å². The van der Waals surface area contributed by atoms with Crippen molar-refractivity contribution in [2.24, 2.45) is 5.92 Å². The zero-order chi connectivity index (χ0) is 22.9. The van der Waals surface area contributed by atoms with Gasteiger partial charge in [0.1, 0.15) is 17.3 Å². The van der Waals surface area contributed by atoms with Gasteiger partial charge in [-0.1, -0.05) is 6.07 Å². The molecule has 8 nitrogen and oxygen atoms in total. The summed E-state index contributed by atoms with van der Waals surface area (Å²) in [5.74, 6) is 0.772. The van der Waals surface area contributed by atoms with Gasteiger partial charge in [-0.15, -0.1) is 0 Å². The topological polar surface area (TPSA) is 120 Å². The van der Waals surface area contributed by atoms with Crippen molar-refractivity contribution in [1.29, 1.82) is 0 Å². The van der Waals surface area contributed by atoms with Gasteiger partial charge in [0.05, 0.1) is 23.1 Å². The van der Waals surface area contributed by atoms with Crippen molar-refractivity contribution in [1.82, 2.24) is 19.9 Å². The number of nitrogens with two attached hydrogens (primary N) is 2. The minimum Gasteiger partial charge on any atom is -0.492 e. The summed E-state index contributed by atoms with van der Waals surface area (Å²) in [7, 11) is 0. The summed E-state index contributed by atoms with van der Waals surface area (Å²) in [5.41, 5.74) is 11.3. The third-order valence-corrected chi connectivity index (χ3v) is 5.41. The summed E-state index contributed by atoms with van der Waals surface area (Å²) < 4.78 is 43.9. The van der Waals surface area contributed by atoms with Gasteiger partial charge in [-0.05, 0) is 43.0 Å². The Morgan fingerprint density at radius 3 is 2.53 bits per heavy atom. The quantitative estimate of drug-likeness (QED) is 0.632. The van der Waals surface area contributed by atoms with Crippen LogP contribution in [-0.2, 0) is 6.18 Å². The molecule has 2 aromatic heterocycles. The molecule has 0 unspecified atom stereocenters. The third-order valence-electron chi connectivity index (χ3n) is 5.41. The molecule has 1 aromatic carbocycles. The number of halogens is 3. The summed E-state index contributed by atoms with van der Waals surface area (Å²) >= 11 is 0. The lowest BCUT2D eigenvalue weighted by Crippen LogP contribution is -2.39. The molecule has 11 heteroatoms. The van der Waals surface area contributed by atoms with Crippen LogP contribution in [0.15, 0.2) is 36.5 Å². The highest BCUT2D eigenvalue weighted by Gasteiger charge is 2.32. The molecule has 0 radical (unpaired) electrons. The van der Waals surface area contributed by atoms with Crippen LogP contribution in [-0.4, -0.2) is 45.5 Å². The lowest BCUT2D eigenvalue weighted by Gasteiger charge is -2.32. The average molecular weight is 446 g/mol. The summed E-state index contributed by atoms with van der Waals surface area (Å²) in [6, 6.07) is 7.34. The first-order chi connectivity index (χ1) is 15.2. The molecule has 0 saturated carbocycles. The number of hydrogen-bond acceptors (Lipinski definition) is 7. The molecule has 1 aliphatic heterocycles. The molecule has 0 bridgehead atoms. The smallest absolute Gasteiger partial charge is 0.433 e. The number of likely N-dealkylation sites (tertiary alicyclic amines) is 1. The summed E-state index contributed by atoms with van der Waals surface area (Å²) in [6.45, 7) is 1.38. The molecule has 168 valence electrons. The van der Waals surface area contributed by atoms with Crippen molar-refractivity contribution in [3.63, 3.8) is 0 Å². The average Bonchev–Trinajstić information content (AvgIpc) is 2.76. The van der Waals surface area contributed by atoms with E-state index in [-0.39, 0.29) is 29.2 Å². The van der Waals surface area contributed by atoms with Crippen LogP contribution in [0.25, 0.3) is 10.9 Å². The molecule has 1 saturated heterocycles. The normalized spacial score (nSPS) is 15.2. The predicted molar refractivity (Wildman–Crippen MR) is 112 cm³/mol. The van der Waals surface area contributed by atoms with Crippen molar-refractivity contribution in [2.75, 3.05) is 31.2 Å². The number of benzene rings is 1. The largest absolute Gasteiger partial charge is 0.492 e. The highest BCUT2D eigenvalue weighted by molar-refractivity contribution is 5.94. The summed E-state index contributed by atoms with van der Waals surface area (Å²) in [5, 5.41) is 0.601. The Morgan fingerprint density at radius 2 is 1.88 bits per heavy atom. The Hall–Kier alpha value is -3.63. The van der Waals surface area contributed by atoms with E-state index in [1.165, 1.54) is 0 Å². The van der Waals surface area contributed by atoms with Crippen molar-refractivity contribution in [2.45, 2.75) is 19.0 Å².